The third-order valence-corrected chi connectivity index (χ3v) is 7.07. The van der Waals surface area contributed by atoms with E-state index in [9.17, 15) is 0 Å². The van der Waals surface area contributed by atoms with Gasteiger partial charge in [0, 0.05) is 11.2 Å². The topological polar surface area (TPSA) is 75.6 Å². The van der Waals surface area contributed by atoms with Gasteiger partial charge in [-0.25, -0.2) is 19.9 Å². The van der Waals surface area contributed by atoms with E-state index in [1.165, 1.54) is 44.1 Å². The van der Waals surface area contributed by atoms with E-state index in [2.05, 4.69) is 44.6 Å². The largest absolute Gasteiger partial charge is 0.349 e. The molecule has 4 fully saturated rings. The highest BCUT2D eigenvalue weighted by Crippen LogP contribution is 2.56. The quantitative estimate of drug-likeness (QED) is 0.667. The summed E-state index contributed by atoms with van der Waals surface area (Å²) in [4.78, 5) is 18.3. The molecule has 0 atom stereocenters. The van der Waals surface area contributed by atoms with Crippen LogP contribution in [0.5, 0.6) is 0 Å². The fourth-order valence-corrected chi connectivity index (χ4v) is 6.37. The van der Waals surface area contributed by atoms with Crippen LogP contribution in [-0.4, -0.2) is 25.5 Å². The third-order valence-electron chi connectivity index (χ3n) is 7.07. The molecule has 3 aromatic rings. The van der Waals surface area contributed by atoms with Crippen LogP contribution in [0.25, 0.3) is 11.0 Å². The van der Waals surface area contributed by atoms with Crippen LogP contribution in [0, 0.1) is 24.7 Å². The Morgan fingerprint density at radius 1 is 0.966 bits per heavy atom. The highest BCUT2D eigenvalue weighted by molar-refractivity contribution is 5.87. The molecular weight excluding hydrogens is 360 g/mol. The first-order valence-corrected chi connectivity index (χ1v) is 10.7. The molecule has 2 aromatic heterocycles. The monoisotopic (exact) mass is 386 g/mol. The normalized spacial score (nSPS) is 29.9. The zero-order valence-electron chi connectivity index (χ0n) is 16.7. The minimum atomic E-state index is 0.183. The Morgan fingerprint density at radius 2 is 1.72 bits per heavy atom. The van der Waals surface area contributed by atoms with Crippen LogP contribution < -0.4 is 10.6 Å². The number of nitrogens with zero attached hydrogens (tertiary/aromatic N) is 4. The molecule has 0 unspecified atom stereocenters. The number of benzene rings is 1. The van der Waals surface area contributed by atoms with E-state index in [1.807, 2.05) is 18.3 Å². The first kappa shape index (κ1) is 17.1. The van der Waals surface area contributed by atoms with Gasteiger partial charge in [-0.15, -0.1) is 0 Å². The molecule has 0 aliphatic heterocycles. The van der Waals surface area contributed by atoms with Crippen molar-refractivity contribution in [1.29, 1.82) is 0 Å². The molecule has 0 spiro atoms. The summed E-state index contributed by atoms with van der Waals surface area (Å²) in [5, 5.41) is 7.18. The second-order valence-electron chi connectivity index (χ2n) is 9.47. The maximum absolute atomic E-state index is 4.86. The van der Waals surface area contributed by atoms with Gasteiger partial charge in [0.25, 0.3) is 0 Å². The van der Waals surface area contributed by atoms with Gasteiger partial charge in [0.1, 0.15) is 17.4 Å². The van der Waals surface area contributed by atoms with Gasteiger partial charge < -0.3 is 10.6 Å². The minimum absolute atomic E-state index is 0.183. The van der Waals surface area contributed by atoms with Crippen LogP contribution in [0.15, 0.2) is 36.8 Å². The van der Waals surface area contributed by atoms with Crippen LogP contribution in [0.2, 0.25) is 0 Å². The lowest BCUT2D eigenvalue weighted by Gasteiger charge is -2.56. The molecular formula is C23H26N6. The molecule has 0 amide bonds. The molecule has 2 heterocycles. The average Bonchev–Trinajstić information content (AvgIpc) is 2.67. The van der Waals surface area contributed by atoms with Crippen molar-refractivity contribution in [3.8, 4) is 0 Å². The smallest absolute Gasteiger partial charge is 0.223 e. The van der Waals surface area contributed by atoms with Gasteiger partial charge in [-0.3, -0.25) is 0 Å². The van der Waals surface area contributed by atoms with Crippen molar-refractivity contribution in [2.45, 2.75) is 51.0 Å². The molecule has 29 heavy (non-hydrogen) atoms. The Labute approximate surface area is 170 Å². The number of hydrogen-bond donors (Lipinski definition) is 2. The van der Waals surface area contributed by atoms with Gasteiger partial charge in [0.05, 0.1) is 6.20 Å². The minimum Gasteiger partial charge on any atom is -0.349 e. The van der Waals surface area contributed by atoms with E-state index in [1.54, 1.807) is 6.33 Å². The highest BCUT2D eigenvalue weighted by atomic mass is 15.2. The molecule has 4 saturated carbocycles. The average molecular weight is 387 g/mol. The summed E-state index contributed by atoms with van der Waals surface area (Å²) in [6, 6.07) is 8.26. The first-order valence-electron chi connectivity index (χ1n) is 10.7. The maximum Gasteiger partial charge on any atom is 0.223 e. The number of rotatable bonds is 4. The van der Waals surface area contributed by atoms with E-state index >= 15 is 0 Å². The number of nitrogens with one attached hydrogen (secondary N) is 2. The van der Waals surface area contributed by atoms with Gasteiger partial charge in [-0.05, 0) is 80.9 Å². The summed E-state index contributed by atoms with van der Waals surface area (Å²) in [6.07, 6.45) is 11.5. The van der Waals surface area contributed by atoms with Crippen molar-refractivity contribution < 1.29 is 0 Å². The number of hydrogen-bond acceptors (Lipinski definition) is 6. The van der Waals surface area contributed by atoms with Gasteiger partial charge in [0.15, 0.2) is 5.82 Å². The van der Waals surface area contributed by atoms with Gasteiger partial charge >= 0.3 is 0 Å². The fourth-order valence-electron chi connectivity index (χ4n) is 6.37. The zero-order valence-corrected chi connectivity index (χ0v) is 16.7. The second-order valence-corrected chi connectivity index (χ2v) is 9.47. The SMILES string of the molecule is Cc1cccc(Nc2ncnc3cnc(NC45CC6CC(CC(C6)C4)C5)nc23)c1. The number of aromatic nitrogens is 4. The number of anilines is 3. The molecule has 1 aromatic carbocycles. The van der Waals surface area contributed by atoms with Crippen LogP contribution >= 0.6 is 0 Å². The van der Waals surface area contributed by atoms with E-state index < -0.39 is 0 Å². The zero-order chi connectivity index (χ0) is 19.4. The van der Waals surface area contributed by atoms with Crippen LogP contribution in [0.3, 0.4) is 0 Å². The van der Waals surface area contributed by atoms with Gasteiger partial charge in [-0.2, -0.15) is 0 Å². The fraction of sp³-hybridized carbons (Fsp3) is 0.478. The Kier molecular flexibility index (Phi) is 3.76. The molecule has 6 nitrogen and oxygen atoms in total. The molecule has 7 rings (SSSR count). The number of fused-ring (bicyclic) bond motifs is 1. The predicted octanol–water partition coefficient (Wildman–Crippen LogP) is 4.85. The predicted molar refractivity (Wildman–Crippen MR) is 114 cm³/mol. The second kappa shape index (κ2) is 6.37. The molecule has 6 heteroatoms. The van der Waals surface area contributed by atoms with Crippen molar-refractivity contribution in [3.05, 3.63) is 42.4 Å². The van der Waals surface area contributed by atoms with Crippen molar-refractivity contribution in [1.82, 2.24) is 19.9 Å². The molecule has 2 N–H and O–H groups in total. The lowest BCUT2D eigenvalue weighted by Crippen LogP contribution is -2.55. The molecule has 4 bridgehead atoms. The van der Waals surface area contributed by atoms with Crippen molar-refractivity contribution in [2.24, 2.45) is 17.8 Å². The van der Waals surface area contributed by atoms with Crippen molar-refractivity contribution in [3.63, 3.8) is 0 Å². The van der Waals surface area contributed by atoms with E-state index in [4.69, 9.17) is 4.98 Å². The molecule has 4 aliphatic rings. The summed E-state index contributed by atoms with van der Waals surface area (Å²) in [5.41, 5.74) is 3.90. The Morgan fingerprint density at radius 3 is 2.45 bits per heavy atom. The number of aryl methyl sites for hydroxylation is 1. The standard InChI is InChI=1S/C23H26N6/c1-14-3-2-4-18(5-14)27-21-20-19(25-13-26-21)12-24-22(28-20)29-23-9-15-6-16(10-23)8-17(7-15)11-23/h2-5,12-13,15-17H,6-11H2,1H3,(H,24,28,29)(H,25,26,27). The molecule has 4 aliphatic carbocycles. The molecule has 0 saturated heterocycles. The van der Waals surface area contributed by atoms with Crippen LogP contribution in [0.4, 0.5) is 17.5 Å². The van der Waals surface area contributed by atoms with Crippen LogP contribution in [0.1, 0.15) is 44.1 Å². The van der Waals surface area contributed by atoms with Gasteiger partial charge in [0.2, 0.25) is 5.95 Å². The maximum atomic E-state index is 4.86. The lowest BCUT2D eigenvalue weighted by molar-refractivity contribution is 0.0104. The van der Waals surface area contributed by atoms with Gasteiger partial charge in [-0.1, -0.05) is 12.1 Å². The van der Waals surface area contributed by atoms with E-state index in [-0.39, 0.29) is 5.54 Å². The lowest BCUT2D eigenvalue weighted by atomic mass is 9.53. The third kappa shape index (κ3) is 3.11. The van der Waals surface area contributed by atoms with E-state index in [0.717, 1.165) is 40.3 Å². The summed E-state index contributed by atoms with van der Waals surface area (Å²) in [6.45, 7) is 2.08. The molecule has 0 radical (unpaired) electrons. The Bertz CT molecular complexity index is 1040. The van der Waals surface area contributed by atoms with Crippen molar-refractivity contribution in [2.75, 3.05) is 10.6 Å². The summed E-state index contributed by atoms with van der Waals surface area (Å²) >= 11 is 0. The molecule has 148 valence electrons. The first-order chi connectivity index (χ1) is 14.1. The summed E-state index contributed by atoms with van der Waals surface area (Å²) in [7, 11) is 0. The van der Waals surface area contributed by atoms with E-state index in [0.29, 0.717) is 5.95 Å². The van der Waals surface area contributed by atoms with Crippen LogP contribution in [-0.2, 0) is 0 Å². The Hall–Kier alpha value is -2.76. The summed E-state index contributed by atoms with van der Waals surface area (Å²) < 4.78 is 0. The summed E-state index contributed by atoms with van der Waals surface area (Å²) in [5.74, 6) is 4.08. The van der Waals surface area contributed by atoms with Crippen molar-refractivity contribution >= 4 is 28.5 Å². The highest BCUT2D eigenvalue weighted by Gasteiger charge is 2.51. The Balaban J connectivity index is 1.33.